The molecule has 1 atom stereocenters. The van der Waals surface area contributed by atoms with E-state index in [0.717, 1.165) is 25.8 Å². The van der Waals surface area contributed by atoms with Gasteiger partial charge >= 0.3 is 0 Å². The monoisotopic (exact) mass is 193 g/mol. The number of likely N-dealkylation sites (tertiary alicyclic amines) is 1. The van der Waals surface area contributed by atoms with Crippen LogP contribution in [0.4, 0.5) is 0 Å². The first-order chi connectivity index (χ1) is 5.47. The zero-order valence-electron chi connectivity index (χ0n) is 7.49. The highest BCUT2D eigenvalue weighted by molar-refractivity contribution is 7.85. The molecule has 0 aromatic heterocycles. The second-order valence-electron chi connectivity index (χ2n) is 3.41. The summed E-state index contributed by atoms with van der Waals surface area (Å²) in [5, 5.41) is 0. The fraction of sp³-hybridized carbons (Fsp3) is 1.00. The molecular weight excluding hydrogens is 178 g/mol. The van der Waals surface area contributed by atoms with Crippen LogP contribution in [0.5, 0.6) is 0 Å². The van der Waals surface area contributed by atoms with Crippen molar-refractivity contribution in [1.29, 1.82) is 0 Å². The Bertz CT molecular complexity index is 237. The Labute approximate surface area is 73.6 Å². The van der Waals surface area contributed by atoms with Crippen LogP contribution >= 0.6 is 0 Å². The van der Waals surface area contributed by atoms with Crippen LogP contribution in [0.15, 0.2) is 0 Å². The molecule has 1 heterocycles. The number of rotatable bonds is 3. The number of hydrogen-bond acceptors (Lipinski definition) is 4. The Balaban J connectivity index is 2.25. The smallest absolute Gasteiger partial charge is 0.264 e. The molecule has 0 bridgehead atoms. The second-order valence-corrected chi connectivity index (χ2v) is 5.05. The highest BCUT2D eigenvalue weighted by Crippen LogP contribution is 2.14. The molecule has 1 unspecified atom stereocenters. The second kappa shape index (κ2) is 3.72. The lowest BCUT2D eigenvalue weighted by molar-refractivity contribution is 0.256. The van der Waals surface area contributed by atoms with Crippen LogP contribution in [0.25, 0.3) is 0 Å². The van der Waals surface area contributed by atoms with Gasteiger partial charge in [0, 0.05) is 6.54 Å². The molecule has 0 aromatic rings. The van der Waals surface area contributed by atoms with Gasteiger partial charge in [-0.15, -0.1) is 0 Å². The van der Waals surface area contributed by atoms with Crippen LogP contribution in [-0.2, 0) is 14.3 Å². The lowest BCUT2D eigenvalue weighted by Gasteiger charge is -2.09. The molecule has 1 aliphatic heterocycles. The van der Waals surface area contributed by atoms with Gasteiger partial charge in [0.1, 0.15) is 0 Å². The molecule has 0 N–H and O–H groups in total. The van der Waals surface area contributed by atoms with Gasteiger partial charge in [0.2, 0.25) is 0 Å². The summed E-state index contributed by atoms with van der Waals surface area (Å²) in [5.41, 5.74) is 0. The minimum Gasteiger partial charge on any atom is -0.306 e. The quantitative estimate of drug-likeness (QED) is 0.588. The van der Waals surface area contributed by atoms with Crippen molar-refractivity contribution in [2.75, 3.05) is 33.0 Å². The average molecular weight is 193 g/mol. The van der Waals surface area contributed by atoms with E-state index in [4.69, 9.17) is 4.18 Å². The molecule has 1 rings (SSSR count). The number of nitrogens with zero attached hydrogens (tertiary/aromatic N) is 1. The lowest BCUT2D eigenvalue weighted by Crippen LogP contribution is -2.18. The third-order valence-electron chi connectivity index (χ3n) is 2.01. The summed E-state index contributed by atoms with van der Waals surface area (Å²) in [6, 6.07) is 0. The van der Waals surface area contributed by atoms with Gasteiger partial charge in [0.05, 0.1) is 12.9 Å². The first kappa shape index (κ1) is 9.95. The van der Waals surface area contributed by atoms with Crippen LogP contribution in [0.2, 0.25) is 0 Å². The average Bonchev–Trinajstić information content (AvgIpc) is 2.30. The Kier molecular flexibility index (Phi) is 3.09. The van der Waals surface area contributed by atoms with Crippen LogP contribution in [0, 0.1) is 5.92 Å². The molecule has 1 fully saturated rings. The molecule has 0 radical (unpaired) electrons. The Morgan fingerprint density at radius 2 is 2.25 bits per heavy atom. The minimum absolute atomic E-state index is 0.336. The summed E-state index contributed by atoms with van der Waals surface area (Å²) >= 11 is 0. The van der Waals surface area contributed by atoms with Gasteiger partial charge < -0.3 is 4.90 Å². The molecule has 5 heteroatoms. The van der Waals surface area contributed by atoms with Gasteiger partial charge in [0.15, 0.2) is 0 Å². The summed E-state index contributed by atoms with van der Waals surface area (Å²) in [6.45, 7) is 2.32. The first-order valence-electron chi connectivity index (χ1n) is 4.00. The van der Waals surface area contributed by atoms with Crippen molar-refractivity contribution < 1.29 is 12.6 Å². The molecule has 1 saturated heterocycles. The molecule has 0 aliphatic carbocycles. The molecule has 1 aliphatic rings. The Morgan fingerprint density at radius 1 is 1.58 bits per heavy atom. The predicted octanol–water partition coefficient (Wildman–Crippen LogP) is -0.0857. The summed E-state index contributed by atoms with van der Waals surface area (Å²) in [4.78, 5) is 2.18. The maximum absolute atomic E-state index is 10.6. The van der Waals surface area contributed by atoms with E-state index in [1.165, 1.54) is 0 Å². The maximum atomic E-state index is 10.6. The van der Waals surface area contributed by atoms with Crippen LogP contribution in [-0.4, -0.2) is 46.3 Å². The Morgan fingerprint density at radius 3 is 2.67 bits per heavy atom. The predicted molar refractivity (Wildman–Crippen MR) is 46.4 cm³/mol. The van der Waals surface area contributed by atoms with E-state index in [1.807, 2.05) is 7.05 Å². The van der Waals surface area contributed by atoms with Gasteiger partial charge in [0.25, 0.3) is 10.1 Å². The third kappa shape index (κ3) is 3.51. The summed E-state index contributed by atoms with van der Waals surface area (Å²) in [7, 11) is -1.22. The third-order valence-corrected chi connectivity index (χ3v) is 2.57. The fourth-order valence-electron chi connectivity index (χ4n) is 1.38. The van der Waals surface area contributed by atoms with E-state index < -0.39 is 10.1 Å². The van der Waals surface area contributed by atoms with Crippen molar-refractivity contribution in [3.63, 3.8) is 0 Å². The number of hydrogen-bond donors (Lipinski definition) is 0. The van der Waals surface area contributed by atoms with Gasteiger partial charge in [-0.2, -0.15) is 8.42 Å². The SMILES string of the molecule is CN1CCC(COS(C)(=O)=O)C1. The maximum Gasteiger partial charge on any atom is 0.264 e. The fourth-order valence-corrected chi connectivity index (χ4v) is 1.82. The van der Waals surface area contributed by atoms with Crippen molar-refractivity contribution in [2.24, 2.45) is 5.92 Å². The van der Waals surface area contributed by atoms with Gasteiger partial charge in [-0.25, -0.2) is 0 Å². The molecule has 0 saturated carbocycles. The van der Waals surface area contributed by atoms with Gasteiger partial charge in [-0.05, 0) is 25.9 Å². The van der Waals surface area contributed by atoms with Crippen molar-refractivity contribution in [2.45, 2.75) is 6.42 Å². The highest BCUT2D eigenvalue weighted by atomic mass is 32.2. The molecule has 12 heavy (non-hydrogen) atoms. The lowest BCUT2D eigenvalue weighted by atomic mass is 10.1. The normalized spacial score (nSPS) is 26.3. The van der Waals surface area contributed by atoms with Gasteiger partial charge in [-0.3, -0.25) is 4.18 Å². The van der Waals surface area contributed by atoms with E-state index in [2.05, 4.69) is 4.90 Å². The minimum atomic E-state index is -3.25. The summed E-state index contributed by atoms with van der Waals surface area (Å²) < 4.78 is 26.0. The zero-order chi connectivity index (χ0) is 9.19. The van der Waals surface area contributed by atoms with Gasteiger partial charge in [-0.1, -0.05) is 0 Å². The molecular formula is C7H15NO3S. The van der Waals surface area contributed by atoms with E-state index >= 15 is 0 Å². The molecule has 0 spiro atoms. The molecule has 4 nitrogen and oxygen atoms in total. The van der Waals surface area contributed by atoms with Crippen molar-refractivity contribution in [3.05, 3.63) is 0 Å². The summed E-state index contributed by atoms with van der Waals surface area (Å²) in [5.74, 6) is 0.379. The van der Waals surface area contributed by atoms with Crippen molar-refractivity contribution in [3.8, 4) is 0 Å². The topological polar surface area (TPSA) is 46.6 Å². The largest absolute Gasteiger partial charge is 0.306 e. The van der Waals surface area contributed by atoms with Crippen molar-refractivity contribution in [1.82, 2.24) is 4.90 Å². The van der Waals surface area contributed by atoms with Crippen LogP contribution < -0.4 is 0 Å². The highest BCUT2D eigenvalue weighted by Gasteiger charge is 2.20. The summed E-state index contributed by atoms with van der Waals surface area (Å²) in [6.07, 6.45) is 2.12. The molecule has 0 aromatic carbocycles. The van der Waals surface area contributed by atoms with E-state index in [-0.39, 0.29) is 0 Å². The van der Waals surface area contributed by atoms with Crippen LogP contribution in [0.1, 0.15) is 6.42 Å². The standard InChI is InChI=1S/C7H15NO3S/c1-8-4-3-7(5-8)6-11-12(2,9)10/h7H,3-6H2,1-2H3. The van der Waals surface area contributed by atoms with Crippen molar-refractivity contribution >= 4 is 10.1 Å². The Hall–Kier alpha value is -0.130. The van der Waals surface area contributed by atoms with E-state index in [9.17, 15) is 8.42 Å². The zero-order valence-corrected chi connectivity index (χ0v) is 8.30. The molecule has 0 amide bonds. The van der Waals surface area contributed by atoms with Crippen LogP contribution in [0.3, 0.4) is 0 Å². The molecule has 72 valence electrons. The first-order valence-corrected chi connectivity index (χ1v) is 5.82. The van der Waals surface area contributed by atoms with E-state index in [1.54, 1.807) is 0 Å². The van der Waals surface area contributed by atoms with E-state index in [0.29, 0.717) is 12.5 Å².